The number of hydrogen-bond acceptors (Lipinski definition) is 8. The van der Waals surface area contributed by atoms with Gasteiger partial charge in [-0.2, -0.15) is 4.98 Å². The zero-order valence-electron chi connectivity index (χ0n) is 16.7. The van der Waals surface area contributed by atoms with Crippen molar-refractivity contribution in [3.63, 3.8) is 0 Å². The summed E-state index contributed by atoms with van der Waals surface area (Å²) in [4.78, 5) is 18.6. The van der Waals surface area contributed by atoms with E-state index in [2.05, 4.69) is 25.3 Å². The predicted octanol–water partition coefficient (Wildman–Crippen LogP) is 2.54. The first kappa shape index (κ1) is 20.9. The largest absolute Gasteiger partial charge is 0.393 e. The molecule has 3 aromatic rings. The molecule has 9 nitrogen and oxygen atoms in total. The van der Waals surface area contributed by atoms with Crippen molar-refractivity contribution in [3.8, 4) is 0 Å². The highest BCUT2D eigenvalue weighted by Crippen LogP contribution is 2.24. The van der Waals surface area contributed by atoms with Crippen LogP contribution in [0.5, 0.6) is 0 Å². The van der Waals surface area contributed by atoms with Gasteiger partial charge in [0.25, 0.3) is 0 Å². The van der Waals surface area contributed by atoms with E-state index >= 15 is 0 Å². The number of halogens is 1. The molecule has 0 saturated heterocycles. The van der Waals surface area contributed by atoms with E-state index in [1.165, 1.54) is 11.1 Å². The predicted molar refractivity (Wildman–Crippen MR) is 109 cm³/mol. The smallest absolute Gasteiger partial charge is 0.229 e. The monoisotopic (exact) mass is 403 g/mol. The standard InChI is InChI=1S/C19H26FN7O2/c1-12(2)27-15-8-17(22-9-14(15)23-18(27)10-28)24-16-4-6-21-19(25-16)26(11-20)7-5-13(3)29/h4,6,8-9,12-13,28-29H,5,7,10-11H2,1-3H3,(H,21,22,24,25). The number of pyridine rings is 1. The van der Waals surface area contributed by atoms with Crippen LogP contribution in [0, 0.1) is 0 Å². The van der Waals surface area contributed by atoms with E-state index in [1.807, 2.05) is 24.5 Å². The van der Waals surface area contributed by atoms with Gasteiger partial charge in [0.1, 0.15) is 29.6 Å². The summed E-state index contributed by atoms with van der Waals surface area (Å²) in [6.07, 6.45) is 3.05. The van der Waals surface area contributed by atoms with E-state index in [4.69, 9.17) is 0 Å². The van der Waals surface area contributed by atoms with E-state index in [0.29, 0.717) is 35.9 Å². The Balaban J connectivity index is 1.86. The number of imidazole rings is 1. The molecule has 156 valence electrons. The molecule has 1 atom stereocenters. The van der Waals surface area contributed by atoms with Crippen LogP contribution < -0.4 is 10.2 Å². The van der Waals surface area contributed by atoms with E-state index in [9.17, 15) is 14.6 Å². The third-order valence-corrected chi connectivity index (χ3v) is 4.45. The molecule has 0 aliphatic rings. The Morgan fingerprint density at radius 3 is 2.66 bits per heavy atom. The number of aromatic nitrogens is 5. The normalized spacial score (nSPS) is 12.5. The maximum Gasteiger partial charge on any atom is 0.229 e. The first-order valence-electron chi connectivity index (χ1n) is 9.49. The summed E-state index contributed by atoms with van der Waals surface area (Å²) in [6.45, 7) is 5.08. The minimum Gasteiger partial charge on any atom is -0.393 e. The van der Waals surface area contributed by atoms with Gasteiger partial charge in [0.15, 0.2) is 6.80 Å². The number of nitrogens with zero attached hydrogens (tertiary/aromatic N) is 6. The van der Waals surface area contributed by atoms with Gasteiger partial charge in [-0.15, -0.1) is 0 Å². The number of aliphatic hydroxyl groups is 2. The molecule has 0 spiro atoms. The van der Waals surface area contributed by atoms with Crippen LogP contribution in [0.15, 0.2) is 24.5 Å². The molecule has 0 radical (unpaired) electrons. The molecule has 0 saturated carbocycles. The molecule has 3 aromatic heterocycles. The molecule has 29 heavy (non-hydrogen) atoms. The summed E-state index contributed by atoms with van der Waals surface area (Å²) in [6, 6.07) is 3.62. The van der Waals surface area contributed by atoms with Crippen LogP contribution in [0.2, 0.25) is 0 Å². The minimum absolute atomic E-state index is 0.120. The molecule has 0 aliphatic carbocycles. The van der Waals surface area contributed by atoms with Crippen molar-refractivity contribution < 1.29 is 14.6 Å². The second-order valence-corrected chi connectivity index (χ2v) is 7.10. The Kier molecular flexibility index (Phi) is 6.55. The van der Waals surface area contributed by atoms with E-state index in [-0.39, 0.29) is 18.6 Å². The third kappa shape index (κ3) is 4.77. The van der Waals surface area contributed by atoms with E-state index in [1.54, 1.807) is 19.2 Å². The number of alkyl halides is 1. The van der Waals surface area contributed by atoms with Gasteiger partial charge >= 0.3 is 0 Å². The average Bonchev–Trinajstić information content (AvgIpc) is 3.06. The number of rotatable bonds is 9. The lowest BCUT2D eigenvalue weighted by Crippen LogP contribution is -2.27. The summed E-state index contributed by atoms with van der Waals surface area (Å²) >= 11 is 0. The van der Waals surface area contributed by atoms with Gasteiger partial charge in [-0.1, -0.05) is 0 Å². The van der Waals surface area contributed by atoms with Gasteiger partial charge in [0.2, 0.25) is 5.95 Å². The van der Waals surface area contributed by atoms with Crippen molar-refractivity contribution in [1.82, 2.24) is 24.5 Å². The summed E-state index contributed by atoms with van der Waals surface area (Å²) in [5.74, 6) is 1.82. The minimum atomic E-state index is -0.752. The molecule has 0 aromatic carbocycles. The van der Waals surface area contributed by atoms with Gasteiger partial charge in [-0.3, -0.25) is 0 Å². The van der Waals surface area contributed by atoms with Crippen molar-refractivity contribution >= 4 is 28.6 Å². The number of fused-ring (bicyclic) bond motifs is 1. The molecule has 10 heteroatoms. The molecule has 3 rings (SSSR count). The fourth-order valence-corrected chi connectivity index (χ4v) is 3.06. The van der Waals surface area contributed by atoms with Gasteiger partial charge in [0.05, 0.1) is 17.8 Å². The van der Waals surface area contributed by atoms with Crippen LogP contribution in [0.1, 0.15) is 39.1 Å². The van der Waals surface area contributed by atoms with Crippen molar-refractivity contribution in [3.05, 3.63) is 30.4 Å². The van der Waals surface area contributed by atoms with Crippen molar-refractivity contribution in [2.24, 2.45) is 0 Å². The Bertz CT molecular complexity index is 961. The molecular weight excluding hydrogens is 377 g/mol. The van der Waals surface area contributed by atoms with Crippen molar-refractivity contribution in [2.75, 3.05) is 23.6 Å². The maximum atomic E-state index is 13.4. The molecule has 3 N–H and O–H groups in total. The van der Waals surface area contributed by atoms with Crippen molar-refractivity contribution in [1.29, 1.82) is 0 Å². The number of aliphatic hydroxyl groups excluding tert-OH is 2. The molecule has 0 aliphatic heterocycles. The number of nitrogens with one attached hydrogen (secondary N) is 1. The van der Waals surface area contributed by atoms with Crippen LogP contribution in [0.25, 0.3) is 11.0 Å². The quantitative estimate of drug-likeness (QED) is 0.467. The first-order chi connectivity index (χ1) is 13.9. The van der Waals surface area contributed by atoms with Crippen LogP contribution >= 0.6 is 0 Å². The average molecular weight is 403 g/mol. The summed E-state index contributed by atoms with van der Waals surface area (Å²) in [7, 11) is 0. The topological polar surface area (TPSA) is 112 Å². The van der Waals surface area contributed by atoms with Gasteiger partial charge in [0, 0.05) is 24.8 Å². The summed E-state index contributed by atoms with van der Waals surface area (Å²) in [5, 5.41) is 22.1. The van der Waals surface area contributed by atoms with Gasteiger partial charge in [-0.05, 0) is 33.3 Å². The van der Waals surface area contributed by atoms with E-state index < -0.39 is 12.9 Å². The van der Waals surface area contributed by atoms with Crippen molar-refractivity contribution in [2.45, 2.75) is 45.9 Å². The lowest BCUT2D eigenvalue weighted by molar-refractivity contribution is 0.185. The Labute approximate surface area is 168 Å². The fourth-order valence-electron chi connectivity index (χ4n) is 3.06. The maximum absolute atomic E-state index is 13.4. The lowest BCUT2D eigenvalue weighted by Gasteiger charge is -2.20. The molecular formula is C19H26FN7O2. The summed E-state index contributed by atoms with van der Waals surface area (Å²) < 4.78 is 15.3. The second kappa shape index (κ2) is 9.10. The number of anilines is 3. The van der Waals surface area contributed by atoms with E-state index in [0.717, 1.165) is 5.52 Å². The zero-order chi connectivity index (χ0) is 21.0. The second-order valence-electron chi connectivity index (χ2n) is 7.10. The lowest BCUT2D eigenvalue weighted by atomic mass is 10.3. The Morgan fingerprint density at radius 1 is 1.21 bits per heavy atom. The summed E-state index contributed by atoms with van der Waals surface area (Å²) in [5.41, 5.74) is 1.54. The fraction of sp³-hybridized carbons (Fsp3) is 0.474. The molecule has 0 fully saturated rings. The van der Waals surface area contributed by atoms with Crippen LogP contribution in [-0.4, -0.2) is 54.2 Å². The molecule has 0 bridgehead atoms. The van der Waals surface area contributed by atoms with Gasteiger partial charge in [-0.25, -0.2) is 19.3 Å². The van der Waals surface area contributed by atoms with Gasteiger partial charge < -0.3 is 25.0 Å². The highest BCUT2D eigenvalue weighted by atomic mass is 19.1. The Morgan fingerprint density at radius 2 is 2.00 bits per heavy atom. The molecule has 3 heterocycles. The van der Waals surface area contributed by atoms with Crippen LogP contribution in [-0.2, 0) is 6.61 Å². The van der Waals surface area contributed by atoms with Crippen LogP contribution in [0.4, 0.5) is 22.0 Å². The first-order valence-corrected chi connectivity index (χ1v) is 9.49. The molecule has 0 amide bonds. The zero-order valence-corrected chi connectivity index (χ0v) is 16.7. The Hall–Kier alpha value is -2.85. The van der Waals surface area contributed by atoms with Crippen LogP contribution in [0.3, 0.4) is 0 Å². The SMILES string of the molecule is CC(O)CCN(CF)c1nccc(Nc2cc3c(cn2)nc(CO)n3C(C)C)n1. The third-order valence-electron chi connectivity index (χ3n) is 4.45. The highest BCUT2D eigenvalue weighted by molar-refractivity contribution is 5.79. The molecule has 1 unspecified atom stereocenters. The highest BCUT2D eigenvalue weighted by Gasteiger charge is 2.15. The number of hydrogen-bond donors (Lipinski definition) is 3.